The monoisotopic (exact) mass is 305 g/mol. The molecule has 4 unspecified atom stereocenters. The first-order valence-corrected chi connectivity index (χ1v) is 7.91. The second kappa shape index (κ2) is 5.76. The molecule has 0 saturated heterocycles. The van der Waals surface area contributed by atoms with Gasteiger partial charge in [-0.25, -0.2) is 4.79 Å². The van der Waals surface area contributed by atoms with Crippen LogP contribution in [0.3, 0.4) is 0 Å². The number of hydrogen-bond donors (Lipinski definition) is 2. The molecule has 0 radical (unpaired) electrons. The zero-order chi connectivity index (χ0) is 15.9. The lowest BCUT2D eigenvalue weighted by Crippen LogP contribution is -2.42. The lowest BCUT2D eigenvalue weighted by Gasteiger charge is -2.26. The van der Waals surface area contributed by atoms with Gasteiger partial charge in [-0.05, 0) is 44.1 Å². The zero-order valence-electron chi connectivity index (χ0n) is 13.0. The summed E-state index contributed by atoms with van der Waals surface area (Å²) >= 11 is 0. The molecule has 0 aliphatic heterocycles. The van der Waals surface area contributed by atoms with Crippen molar-refractivity contribution in [1.29, 1.82) is 0 Å². The van der Waals surface area contributed by atoms with Crippen LogP contribution in [-0.4, -0.2) is 29.1 Å². The standard InChI is InChI=1S/C16H23N3O3/c1-3-22-16(21)12-7-11(8-19(12)2)18-15(20)13-9-4-5-10(6-9)14(13)17/h7-10,13-14H,3-6,17H2,1-2H3,(H,18,20). The molecule has 1 amide bonds. The number of rotatable bonds is 4. The molecule has 3 N–H and O–H groups in total. The van der Waals surface area contributed by atoms with Crippen molar-refractivity contribution >= 4 is 17.6 Å². The van der Waals surface area contributed by atoms with Gasteiger partial charge in [0.05, 0.1) is 18.2 Å². The second-order valence-electron chi connectivity index (χ2n) is 6.37. The first kappa shape index (κ1) is 15.1. The Kier molecular flexibility index (Phi) is 3.95. The van der Waals surface area contributed by atoms with Gasteiger partial charge in [0.2, 0.25) is 5.91 Å². The van der Waals surface area contributed by atoms with E-state index < -0.39 is 0 Å². The van der Waals surface area contributed by atoms with Crippen molar-refractivity contribution in [1.82, 2.24) is 4.57 Å². The Morgan fingerprint density at radius 2 is 2.14 bits per heavy atom. The van der Waals surface area contributed by atoms with Crippen LogP contribution in [0.1, 0.15) is 36.7 Å². The predicted octanol–water partition coefficient (Wildman–Crippen LogP) is 1.51. The van der Waals surface area contributed by atoms with Gasteiger partial charge in [0.1, 0.15) is 5.69 Å². The molecule has 6 nitrogen and oxygen atoms in total. The number of fused-ring (bicyclic) bond motifs is 2. The number of amides is 1. The Hall–Kier alpha value is -1.82. The molecule has 120 valence electrons. The number of nitrogens with zero attached hydrogens (tertiary/aromatic N) is 1. The molecule has 6 heteroatoms. The molecular formula is C16H23N3O3. The molecule has 2 saturated carbocycles. The summed E-state index contributed by atoms with van der Waals surface area (Å²) in [4.78, 5) is 24.3. The first-order chi connectivity index (χ1) is 10.5. The van der Waals surface area contributed by atoms with Crippen LogP contribution in [0, 0.1) is 17.8 Å². The minimum absolute atomic E-state index is 0.0271. The molecule has 1 aromatic heterocycles. The third kappa shape index (κ3) is 2.52. The number of esters is 1. The van der Waals surface area contributed by atoms with E-state index in [1.165, 1.54) is 0 Å². The van der Waals surface area contributed by atoms with Crippen LogP contribution in [0.15, 0.2) is 12.3 Å². The summed E-state index contributed by atoms with van der Waals surface area (Å²) in [5.41, 5.74) is 7.24. The van der Waals surface area contributed by atoms with Crippen LogP contribution in [-0.2, 0) is 16.6 Å². The number of ether oxygens (including phenoxy) is 1. The Morgan fingerprint density at radius 3 is 2.77 bits per heavy atom. The molecule has 22 heavy (non-hydrogen) atoms. The number of carbonyl (C=O) groups is 2. The molecule has 0 aromatic carbocycles. The third-order valence-corrected chi connectivity index (χ3v) is 5.04. The van der Waals surface area contributed by atoms with Crippen molar-refractivity contribution < 1.29 is 14.3 Å². The van der Waals surface area contributed by atoms with Gasteiger partial charge < -0.3 is 20.4 Å². The highest BCUT2D eigenvalue weighted by atomic mass is 16.5. The molecular weight excluding hydrogens is 282 g/mol. The van der Waals surface area contributed by atoms with Crippen LogP contribution in [0.4, 0.5) is 5.69 Å². The maximum Gasteiger partial charge on any atom is 0.355 e. The average molecular weight is 305 g/mol. The molecule has 2 aliphatic rings. The number of aryl methyl sites for hydroxylation is 1. The number of anilines is 1. The summed E-state index contributed by atoms with van der Waals surface area (Å²) in [6.45, 7) is 2.09. The lowest BCUT2D eigenvalue weighted by molar-refractivity contribution is -0.121. The fraction of sp³-hybridized carbons (Fsp3) is 0.625. The lowest BCUT2D eigenvalue weighted by atomic mass is 9.84. The summed E-state index contributed by atoms with van der Waals surface area (Å²) in [6.07, 6.45) is 5.04. The van der Waals surface area contributed by atoms with E-state index >= 15 is 0 Å². The highest BCUT2D eigenvalue weighted by molar-refractivity contribution is 5.96. The summed E-state index contributed by atoms with van der Waals surface area (Å²) < 4.78 is 6.65. The molecule has 1 heterocycles. The first-order valence-electron chi connectivity index (χ1n) is 7.91. The predicted molar refractivity (Wildman–Crippen MR) is 82.3 cm³/mol. The fourth-order valence-electron chi connectivity index (χ4n) is 3.99. The fourth-order valence-corrected chi connectivity index (χ4v) is 3.99. The van der Waals surface area contributed by atoms with Gasteiger partial charge in [-0.1, -0.05) is 0 Å². The Balaban J connectivity index is 1.70. The number of nitrogens with two attached hydrogens (primary N) is 1. The highest BCUT2D eigenvalue weighted by Gasteiger charge is 2.49. The summed E-state index contributed by atoms with van der Waals surface area (Å²) in [7, 11) is 1.76. The molecule has 3 rings (SSSR count). The van der Waals surface area contributed by atoms with Gasteiger partial charge in [0.15, 0.2) is 0 Å². The van der Waals surface area contributed by atoms with Crippen molar-refractivity contribution in [2.75, 3.05) is 11.9 Å². The van der Waals surface area contributed by atoms with Crippen LogP contribution < -0.4 is 11.1 Å². The molecule has 2 fully saturated rings. The number of nitrogens with one attached hydrogen (secondary N) is 1. The minimum atomic E-state index is -0.387. The number of hydrogen-bond acceptors (Lipinski definition) is 4. The molecule has 1 aromatic rings. The van der Waals surface area contributed by atoms with Crippen molar-refractivity contribution in [2.24, 2.45) is 30.5 Å². The smallest absolute Gasteiger partial charge is 0.355 e. The normalized spacial score (nSPS) is 29.6. The van der Waals surface area contributed by atoms with E-state index in [9.17, 15) is 9.59 Å². The van der Waals surface area contributed by atoms with Crippen LogP contribution in [0.2, 0.25) is 0 Å². The van der Waals surface area contributed by atoms with Crippen molar-refractivity contribution in [3.05, 3.63) is 18.0 Å². The van der Waals surface area contributed by atoms with Gasteiger partial charge in [-0.3, -0.25) is 4.79 Å². The summed E-state index contributed by atoms with van der Waals surface area (Å²) in [6, 6.07) is 1.61. The van der Waals surface area contributed by atoms with Gasteiger partial charge in [-0.15, -0.1) is 0 Å². The minimum Gasteiger partial charge on any atom is -0.461 e. The number of aromatic nitrogens is 1. The van der Waals surface area contributed by atoms with E-state index in [-0.39, 0.29) is 23.8 Å². The van der Waals surface area contributed by atoms with Crippen LogP contribution in [0.5, 0.6) is 0 Å². The molecule has 4 atom stereocenters. The largest absolute Gasteiger partial charge is 0.461 e. The van der Waals surface area contributed by atoms with Crippen molar-refractivity contribution in [3.8, 4) is 0 Å². The van der Waals surface area contributed by atoms with E-state index in [1.54, 1.807) is 30.8 Å². The Labute approximate surface area is 130 Å². The SMILES string of the molecule is CCOC(=O)c1cc(NC(=O)C2C3CCC(C3)C2N)cn1C. The van der Waals surface area contributed by atoms with Gasteiger partial charge >= 0.3 is 5.97 Å². The zero-order valence-corrected chi connectivity index (χ0v) is 13.0. The quantitative estimate of drug-likeness (QED) is 0.826. The van der Waals surface area contributed by atoms with Crippen LogP contribution >= 0.6 is 0 Å². The van der Waals surface area contributed by atoms with E-state index in [0.29, 0.717) is 29.8 Å². The highest BCUT2D eigenvalue weighted by Crippen LogP contribution is 2.47. The van der Waals surface area contributed by atoms with Crippen molar-refractivity contribution in [2.45, 2.75) is 32.2 Å². The van der Waals surface area contributed by atoms with Gasteiger partial charge in [-0.2, -0.15) is 0 Å². The summed E-state index contributed by atoms with van der Waals surface area (Å²) in [5.74, 6) is 0.382. The third-order valence-electron chi connectivity index (χ3n) is 5.04. The Bertz CT molecular complexity index is 593. The van der Waals surface area contributed by atoms with E-state index in [0.717, 1.165) is 19.3 Å². The maximum atomic E-state index is 12.5. The van der Waals surface area contributed by atoms with Gasteiger partial charge in [0, 0.05) is 19.3 Å². The van der Waals surface area contributed by atoms with E-state index in [4.69, 9.17) is 10.5 Å². The maximum absolute atomic E-state index is 12.5. The van der Waals surface area contributed by atoms with Gasteiger partial charge in [0.25, 0.3) is 0 Å². The molecule has 2 bridgehead atoms. The topological polar surface area (TPSA) is 86.3 Å². The Morgan fingerprint density at radius 1 is 1.41 bits per heavy atom. The van der Waals surface area contributed by atoms with Crippen LogP contribution in [0.25, 0.3) is 0 Å². The number of carbonyl (C=O) groups excluding carboxylic acids is 2. The van der Waals surface area contributed by atoms with Crippen molar-refractivity contribution in [3.63, 3.8) is 0 Å². The van der Waals surface area contributed by atoms with E-state index in [2.05, 4.69) is 5.32 Å². The second-order valence-corrected chi connectivity index (χ2v) is 6.37. The molecule has 2 aliphatic carbocycles. The molecule has 0 spiro atoms. The van der Waals surface area contributed by atoms with E-state index in [1.807, 2.05) is 0 Å². The summed E-state index contributed by atoms with van der Waals surface area (Å²) in [5, 5.41) is 2.91. The average Bonchev–Trinajstić information content (AvgIpc) is 3.13.